The Hall–Kier alpha value is -4.70. The number of carbonyl (C=O) groups excluding carboxylic acids is 4. The third kappa shape index (κ3) is 4.88. The van der Waals surface area contributed by atoms with E-state index in [4.69, 9.17) is 4.74 Å². The summed E-state index contributed by atoms with van der Waals surface area (Å²) in [5, 5.41) is 5.75. The van der Waals surface area contributed by atoms with Gasteiger partial charge in [-0.25, -0.2) is 4.79 Å². The summed E-state index contributed by atoms with van der Waals surface area (Å²) < 4.78 is 6.84. The molecule has 3 amide bonds. The van der Waals surface area contributed by atoms with Gasteiger partial charge in [0.1, 0.15) is 8.07 Å². The van der Waals surface area contributed by atoms with Gasteiger partial charge in [0, 0.05) is 83.5 Å². The molecule has 0 aromatic heterocycles. The number of imide groups is 1. The number of amides is 3. The molecule has 4 bridgehead atoms. The number of nitrogens with one attached hydrogen (secondary N) is 1. The van der Waals surface area contributed by atoms with Crippen molar-refractivity contribution in [2.24, 2.45) is 5.92 Å². The minimum Gasteiger partial charge on any atom is -0.441 e. The highest BCUT2D eigenvalue weighted by molar-refractivity contribution is 7.03. The quantitative estimate of drug-likeness (QED) is 0.205. The van der Waals surface area contributed by atoms with Crippen molar-refractivity contribution in [1.82, 2.24) is 10.2 Å². The van der Waals surface area contributed by atoms with Crippen molar-refractivity contribution in [2.45, 2.75) is 106 Å². The van der Waals surface area contributed by atoms with Crippen molar-refractivity contribution in [3.8, 4) is 0 Å². The van der Waals surface area contributed by atoms with Crippen LogP contribution in [-0.4, -0.2) is 74.4 Å². The Bertz CT molecular complexity index is 2170. The Morgan fingerprint density at radius 2 is 1.44 bits per heavy atom. The summed E-state index contributed by atoms with van der Waals surface area (Å²) in [6.07, 6.45) is 16.4. The molecule has 7 aliphatic heterocycles. The summed E-state index contributed by atoms with van der Waals surface area (Å²) in [6, 6.07) is 23.7. The molecule has 282 valence electrons. The molecule has 55 heavy (non-hydrogen) atoms. The van der Waals surface area contributed by atoms with E-state index in [1.165, 1.54) is 117 Å². The predicted molar refractivity (Wildman–Crippen MR) is 213 cm³/mol. The van der Waals surface area contributed by atoms with Gasteiger partial charge >= 0.3 is 5.97 Å². The predicted octanol–water partition coefficient (Wildman–Crippen LogP) is 5.37. The summed E-state index contributed by atoms with van der Waals surface area (Å²) in [4.78, 5) is 58.7. The first-order valence-corrected chi connectivity index (χ1v) is 23.3. The van der Waals surface area contributed by atoms with E-state index >= 15 is 0 Å². The molecule has 9 nitrogen and oxygen atoms in total. The standard InChI is InChI=1S/C45H48N4O5Si/c50-41-17-18-42(51)47(41)20-19-46-43(52)29-7-14-35-38(24-29)45(54-44(35)53)36-15-12-33(48-27-28-5-4-6-32(48)23-28)25-39(36)55(21-2-1-3-22-55)40-26-34(13-16-37(40)45)49-30-8-9-31(49)11-10-30/h7,12-18,24-26,28,30-32H,1-6,8-11,19-23,27H2,(H,46,52). The Morgan fingerprint density at radius 1 is 0.745 bits per heavy atom. The Labute approximate surface area is 323 Å². The minimum absolute atomic E-state index is 0.0857. The summed E-state index contributed by atoms with van der Waals surface area (Å²) >= 11 is 0. The molecule has 3 aromatic carbocycles. The molecule has 10 heteroatoms. The topological polar surface area (TPSA) is 99.3 Å². The largest absolute Gasteiger partial charge is 0.441 e. The maximum absolute atomic E-state index is 14.2. The number of hydrogen-bond donors (Lipinski definition) is 1. The molecule has 3 unspecified atom stereocenters. The van der Waals surface area contributed by atoms with Gasteiger partial charge in [0.2, 0.25) is 0 Å². The third-order valence-corrected chi connectivity index (χ3v) is 20.2. The zero-order valence-electron chi connectivity index (χ0n) is 31.4. The van der Waals surface area contributed by atoms with Crippen LogP contribution in [-0.2, 0) is 19.9 Å². The van der Waals surface area contributed by atoms with Crippen molar-refractivity contribution >= 4 is 53.5 Å². The first-order valence-electron chi connectivity index (χ1n) is 20.9. The van der Waals surface area contributed by atoms with Gasteiger partial charge in [0.05, 0.1) is 5.56 Å². The SMILES string of the molecule is O=C(NCCN1C(=O)C=CC1=O)c1ccc2c(c1)C1(OC2=O)c2ccc(N3CC4CCCC3C4)cc2[Si]2(CCCCC2)c2cc(N3C4CCC3CC4)ccc21. The molecule has 5 fully saturated rings. The van der Waals surface area contributed by atoms with Crippen LogP contribution >= 0.6 is 0 Å². The van der Waals surface area contributed by atoms with Gasteiger partial charge < -0.3 is 19.9 Å². The van der Waals surface area contributed by atoms with Crippen LogP contribution < -0.4 is 25.5 Å². The number of rotatable bonds is 6. The molecule has 11 rings (SSSR count). The van der Waals surface area contributed by atoms with Crippen LogP contribution in [0.2, 0.25) is 12.1 Å². The van der Waals surface area contributed by atoms with Crippen LogP contribution in [0.3, 0.4) is 0 Å². The minimum atomic E-state index is -2.34. The van der Waals surface area contributed by atoms with Crippen LogP contribution in [0.5, 0.6) is 0 Å². The monoisotopic (exact) mass is 752 g/mol. The van der Waals surface area contributed by atoms with E-state index in [1.807, 2.05) is 6.07 Å². The average Bonchev–Trinajstić information content (AvgIpc) is 4.03. The number of carbonyl (C=O) groups is 4. The van der Waals surface area contributed by atoms with E-state index in [0.717, 1.165) is 34.1 Å². The smallest absolute Gasteiger partial charge is 0.340 e. The molecule has 1 saturated carbocycles. The Kier molecular flexibility index (Phi) is 7.58. The molecule has 1 N–H and O–H groups in total. The van der Waals surface area contributed by atoms with Gasteiger partial charge in [0.15, 0.2) is 5.60 Å². The lowest BCUT2D eigenvalue weighted by atomic mass is 9.78. The number of fused-ring (bicyclic) bond motifs is 12. The van der Waals surface area contributed by atoms with Crippen molar-refractivity contribution in [3.05, 3.63) is 94.6 Å². The fourth-order valence-corrected chi connectivity index (χ4v) is 18.1. The van der Waals surface area contributed by atoms with Gasteiger partial charge in [-0.3, -0.25) is 19.3 Å². The highest BCUT2D eigenvalue weighted by Crippen LogP contribution is 2.52. The molecule has 7 heterocycles. The summed E-state index contributed by atoms with van der Waals surface area (Å²) in [5.41, 5.74) is 5.26. The van der Waals surface area contributed by atoms with E-state index in [9.17, 15) is 19.2 Å². The van der Waals surface area contributed by atoms with Crippen molar-refractivity contribution < 1.29 is 23.9 Å². The highest BCUT2D eigenvalue weighted by Gasteiger charge is 2.59. The van der Waals surface area contributed by atoms with Gasteiger partial charge in [-0.15, -0.1) is 0 Å². The van der Waals surface area contributed by atoms with Gasteiger partial charge in [0.25, 0.3) is 17.7 Å². The van der Waals surface area contributed by atoms with E-state index in [1.54, 1.807) is 12.1 Å². The summed E-state index contributed by atoms with van der Waals surface area (Å²) in [5.74, 6) is -0.673. The van der Waals surface area contributed by atoms with Gasteiger partial charge in [-0.1, -0.05) is 37.8 Å². The second-order valence-electron chi connectivity index (χ2n) is 17.6. The molecule has 2 spiro atoms. The number of anilines is 2. The lowest BCUT2D eigenvalue weighted by Crippen LogP contribution is -2.67. The fraction of sp³-hybridized carbons (Fsp3) is 0.467. The molecule has 4 saturated heterocycles. The number of hydrogen-bond acceptors (Lipinski definition) is 7. The lowest BCUT2D eigenvalue weighted by molar-refractivity contribution is -0.136. The average molecular weight is 753 g/mol. The molecule has 1 aliphatic carbocycles. The Morgan fingerprint density at radius 3 is 2.15 bits per heavy atom. The van der Waals surface area contributed by atoms with Crippen LogP contribution in [0.1, 0.15) is 108 Å². The maximum atomic E-state index is 14.2. The van der Waals surface area contributed by atoms with E-state index in [2.05, 4.69) is 51.5 Å². The van der Waals surface area contributed by atoms with Crippen molar-refractivity contribution in [1.29, 1.82) is 0 Å². The number of nitrogens with zero attached hydrogens (tertiary/aromatic N) is 3. The van der Waals surface area contributed by atoms with E-state index in [-0.39, 0.29) is 36.8 Å². The van der Waals surface area contributed by atoms with Crippen LogP contribution in [0, 0.1) is 5.92 Å². The lowest BCUT2D eigenvalue weighted by Gasteiger charge is -2.49. The first-order chi connectivity index (χ1) is 26.8. The number of ether oxygens (including phenoxy) is 1. The van der Waals surface area contributed by atoms with Crippen LogP contribution in [0.4, 0.5) is 11.4 Å². The van der Waals surface area contributed by atoms with Gasteiger partial charge in [-0.05, 0) is 116 Å². The molecule has 3 aromatic rings. The zero-order chi connectivity index (χ0) is 37.1. The van der Waals surface area contributed by atoms with Crippen LogP contribution in [0.15, 0.2) is 66.7 Å². The molecular formula is C45H48N4O5Si. The molecule has 3 atom stereocenters. The van der Waals surface area contributed by atoms with Crippen molar-refractivity contribution in [3.63, 3.8) is 0 Å². The first kappa shape index (κ1) is 33.6. The second-order valence-corrected chi connectivity index (χ2v) is 21.8. The van der Waals surface area contributed by atoms with Crippen molar-refractivity contribution in [2.75, 3.05) is 29.4 Å². The number of benzene rings is 3. The second kappa shape index (κ2) is 12.4. The normalized spacial score (nSPS) is 29.3. The van der Waals surface area contributed by atoms with E-state index < -0.39 is 13.7 Å². The molecule has 8 aliphatic rings. The zero-order valence-corrected chi connectivity index (χ0v) is 32.4. The molecular weight excluding hydrogens is 705 g/mol. The Balaban J connectivity index is 1.06. The van der Waals surface area contributed by atoms with Gasteiger partial charge in [-0.2, -0.15) is 0 Å². The highest BCUT2D eigenvalue weighted by atomic mass is 28.3. The summed E-state index contributed by atoms with van der Waals surface area (Å²) in [7, 11) is -2.34. The third-order valence-electron chi connectivity index (χ3n) is 14.9. The number of esters is 1. The summed E-state index contributed by atoms with van der Waals surface area (Å²) in [6.45, 7) is 1.33. The fourth-order valence-electron chi connectivity index (χ4n) is 12.4. The van der Waals surface area contributed by atoms with E-state index in [0.29, 0.717) is 29.3 Å². The van der Waals surface area contributed by atoms with Crippen LogP contribution in [0.25, 0.3) is 0 Å². The maximum Gasteiger partial charge on any atom is 0.340 e. The molecule has 0 radical (unpaired) electrons.